The molecule has 0 aliphatic carbocycles. The van der Waals surface area contributed by atoms with Crippen molar-refractivity contribution in [3.8, 4) is 0 Å². The minimum absolute atomic E-state index is 0.0400. The Kier molecular flexibility index (Phi) is 6.51. The van der Waals surface area contributed by atoms with Crippen molar-refractivity contribution in [2.45, 2.75) is 52.7 Å². The van der Waals surface area contributed by atoms with Crippen LogP contribution in [0.2, 0.25) is 5.02 Å². The molecule has 18 heavy (non-hydrogen) atoms. The summed E-state index contributed by atoms with van der Waals surface area (Å²) in [7, 11) is 0. The number of rotatable bonds is 7. The van der Waals surface area contributed by atoms with Crippen molar-refractivity contribution in [2.24, 2.45) is 0 Å². The summed E-state index contributed by atoms with van der Waals surface area (Å²) in [6.45, 7) is 7.69. The van der Waals surface area contributed by atoms with Gasteiger partial charge in [-0.25, -0.2) is 0 Å². The van der Waals surface area contributed by atoms with E-state index in [9.17, 15) is 0 Å². The van der Waals surface area contributed by atoms with E-state index < -0.39 is 0 Å². The third-order valence-electron chi connectivity index (χ3n) is 3.38. The van der Waals surface area contributed by atoms with Gasteiger partial charge in [0.1, 0.15) is 0 Å². The molecule has 0 amide bonds. The Morgan fingerprint density at radius 2 is 2.06 bits per heavy atom. The predicted molar refractivity (Wildman–Crippen MR) is 79.4 cm³/mol. The molecular weight excluding hydrogens is 246 g/mol. The van der Waals surface area contributed by atoms with Gasteiger partial charge in [0.2, 0.25) is 0 Å². The van der Waals surface area contributed by atoms with E-state index >= 15 is 0 Å². The summed E-state index contributed by atoms with van der Waals surface area (Å²) in [4.78, 5) is 2.37. The van der Waals surface area contributed by atoms with E-state index in [1.165, 1.54) is 12.8 Å². The predicted octanol–water partition coefficient (Wildman–Crippen LogP) is 4.24. The zero-order valence-corrected chi connectivity index (χ0v) is 12.4. The fourth-order valence-electron chi connectivity index (χ4n) is 2.01. The summed E-state index contributed by atoms with van der Waals surface area (Å²) in [6, 6.07) is 6.31. The molecule has 0 spiro atoms. The third-order valence-corrected chi connectivity index (χ3v) is 3.68. The van der Waals surface area contributed by atoms with E-state index in [2.05, 4.69) is 25.7 Å². The number of benzene rings is 1. The Bertz CT molecular complexity index is 368. The fourth-order valence-corrected chi connectivity index (χ4v) is 2.32. The molecule has 102 valence electrons. The maximum absolute atomic E-state index is 9.12. The lowest BCUT2D eigenvalue weighted by atomic mass is 10.1. The first-order valence-electron chi connectivity index (χ1n) is 6.79. The van der Waals surface area contributed by atoms with E-state index in [4.69, 9.17) is 16.7 Å². The van der Waals surface area contributed by atoms with Gasteiger partial charge in [-0.3, -0.25) is 0 Å². The highest BCUT2D eigenvalue weighted by Gasteiger charge is 2.15. The Morgan fingerprint density at radius 1 is 1.33 bits per heavy atom. The van der Waals surface area contributed by atoms with Crippen LogP contribution in [0.3, 0.4) is 0 Å². The number of aliphatic hydroxyl groups excluding tert-OH is 1. The Morgan fingerprint density at radius 3 is 2.56 bits per heavy atom. The minimum Gasteiger partial charge on any atom is -0.392 e. The van der Waals surface area contributed by atoms with E-state index in [1.807, 2.05) is 18.2 Å². The van der Waals surface area contributed by atoms with Gasteiger partial charge in [-0.05, 0) is 37.5 Å². The molecule has 1 N–H and O–H groups in total. The van der Waals surface area contributed by atoms with Crippen LogP contribution in [-0.4, -0.2) is 17.7 Å². The summed E-state index contributed by atoms with van der Waals surface area (Å²) in [6.07, 6.45) is 3.45. The van der Waals surface area contributed by atoms with Gasteiger partial charge in [0, 0.05) is 12.6 Å². The van der Waals surface area contributed by atoms with Gasteiger partial charge in [0.05, 0.1) is 17.3 Å². The van der Waals surface area contributed by atoms with Gasteiger partial charge in [0.25, 0.3) is 0 Å². The monoisotopic (exact) mass is 269 g/mol. The number of unbranched alkanes of at least 4 members (excludes halogenated alkanes) is 1. The summed E-state index contributed by atoms with van der Waals surface area (Å²) >= 11 is 6.33. The topological polar surface area (TPSA) is 23.5 Å². The van der Waals surface area contributed by atoms with Crippen LogP contribution < -0.4 is 4.90 Å². The van der Waals surface area contributed by atoms with Crippen LogP contribution in [0.25, 0.3) is 0 Å². The Balaban J connectivity index is 2.96. The second-order valence-corrected chi connectivity index (χ2v) is 5.16. The molecule has 0 heterocycles. The zero-order chi connectivity index (χ0) is 13.5. The molecule has 0 bridgehead atoms. The van der Waals surface area contributed by atoms with Crippen molar-refractivity contribution in [2.75, 3.05) is 11.4 Å². The smallest absolute Gasteiger partial charge is 0.0682 e. The molecule has 1 rings (SSSR count). The normalized spacial score (nSPS) is 12.5. The molecule has 0 radical (unpaired) electrons. The van der Waals surface area contributed by atoms with E-state index in [-0.39, 0.29) is 6.61 Å². The van der Waals surface area contributed by atoms with Crippen molar-refractivity contribution < 1.29 is 5.11 Å². The van der Waals surface area contributed by atoms with Crippen LogP contribution in [0.15, 0.2) is 18.2 Å². The van der Waals surface area contributed by atoms with Gasteiger partial charge in [0.15, 0.2) is 0 Å². The Hall–Kier alpha value is -0.730. The SMILES string of the molecule is CCCCN(c1ccc(CO)cc1Cl)C(C)CC. The van der Waals surface area contributed by atoms with Gasteiger partial charge in [-0.2, -0.15) is 0 Å². The van der Waals surface area contributed by atoms with Crippen molar-refractivity contribution in [1.82, 2.24) is 0 Å². The number of nitrogens with zero attached hydrogens (tertiary/aromatic N) is 1. The summed E-state index contributed by atoms with van der Waals surface area (Å²) in [5.41, 5.74) is 1.94. The standard InChI is InChI=1S/C15H24ClNO/c1-4-6-9-17(12(3)5-2)15-8-7-13(11-18)10-14(15)16/h7-8,10,12,18H,4-6,9,11H2,1-3H3. The van der Waals surface area contributed by atoms with E-state index in [0.717, 1.165) is 29.2 Å². The molecule has 0 fully saturated rings. The second-order valence-electron chi connectivity index (χ2n) is 4.75. The molecule has 0 saturated carbocycles. The minimum atomic E-state index is 0.0400. The van der Waals surface area contributed by atoms with Gasteiger partial charge in [-0.1, -0.05) is 37.9 Å². The molecule has 1 aromatic rings. The van der Waals surface area contributed by atoms with Crippen LogP contribution in [0, 0.1) is 0 Å². The molecule has 2 nitrogen and oxygen atoms in total. The van der Waals surface area contributed by atoms with Crippen molar-refractivity contribution >= 4 is 17.3 Å². The molecule has 0 aromatic heterocycles. The quantitative estimate of drug-likeness (QED) is 0.800. The molecule has 3 heteroatoms. The summed E-state index contributed by atoms with van der Waals surface area (Å²) in [5, 5.41) is 9.85. The lowest BCUT2D eigenvalue weighted by Gasteiger charge is -2.31. The lowest BCUT2D eigenvalue weighted by Crippen LogP contribution is -2.33. The highest BCUT2D eigenvalue weighted by Crippen LogP contribution is 2.29. The first-order valence-corrected chi connectivity index (χ1v) is 7.17. The maximum Gasteiger partial charge on any atom is 0.0682 e. The average molecular weight is 270 g/mol. The largest absolute Gasteiger partial charge is 0.392 e. The van der Waals surface area contributed by atoms with E-state index in [1.54, 1.807) is 0 Å². The van der Waals surface area contributed by atoms with Crippen molar-refractivity contribution in [3.63, 3.8) is 0 Å². The van der Waals surface area contributed by atoms with Gasteiger partial charge in [-0.15, -0.1) is 0 Å². The van der Waals surface area contributed by atoms with Gasteiger partial charge >= 0.3 is 0 Å². The van der Waals surface area contributed by atoms with E-state index in [0.29, 0.717) is 6.04 Å². The number of halogens is 1. The first kappa shape index (κ1) is 15.3. The van der Waals surface area contributed by atoms with Crippen molar-refractivity contribution in [1.29, 1.82) is 0 Å². The molecule has 1 unspecified atom stereocenters. The molecule has 0 aliphatic heterocycles. The first-order chi connectivity index (χ1) is 8.63. The average Bonchev–Trinajstić information content (AvgIpc) is 2.39. The molecule has 1 aromatic carbocycles. The van der Waals surface area contributed by atoms with Crippen LogP contribution in [0.5, 0.6) is 0 Å². The van der Waals surface area contributed by atoms with Crippen LogP contribution >= 0.6 is 11.6 Å². The third kappa shape index (κ3) is 3.89. The lowest BCUT2D eigenvalue weighted by molar-refractivity contribution is 0.282. The number of hydrogen-bond donors (Lipinski definition) is 1. The summed E-state index contributed by atoms with van der Waals surface area (Å²) < 4.78 is 0. The van der Waals surface area contributed by atoms with Crippen LogP contribution in [0.4, 0.5) is 5.69 Å². The molecular formula is C15H24ClNO. The highest BCUT2D eigenvalue weighted by molar-refractivity contribution is 6.33. The molecule has 0 aliphatic rings. The zero-order valence-electron chi connectivity index (χ0n) is 11.6. The number of anilines is 1. The van der Waals surface area contributed by atoms with Crippen LogP contribution in [0.1, 0.15) is 45.6 Å². The Labute approximate surface area is 116 Å². The number of hydrogen-bond acceptors (Lipinski definition) is 2. The van der Waals surface area contributed by atoms with Crippen LogP contribution in [-0.2, 0) is 6.61 Å². The number of aliphatic hydroxyl groups is 1. The maximum atomic E-state index is 9.12. The fraction of sp³-hybridized carbons (Fsp3) is 0.600. The molecule has 0 saturated heterocycles. The van der Waals surface area contributed by atoms with Crippen molar-refractivity contribution in [3.05, 3.63) is 28.8 Å². The molecule has 1 atom stereocenters. The highest BCUT2D eigenvalue weighted by atomic mass is 35.5. The second kappa shape index (κ2) is 7.65. The summed E-state index contributed by atoms with van der Waals surface area (Å²) in [5.74, 6) is 0. The van der Waals surface area contributed by atoms with Gasteiger partial charge < -0.3 is 10.0 Å².